The summed E-state index contributed by atoms with van der Waals surface area (Å²) in [6, 6.07) is 0. The number of nitrogens with one attached hydrogen (secondary N) is 1. The number of rotatable bonds is 9. The molecule has 0 bridgehead atoms. The summed E-state index contributed by atoms with van der Waals surface area (Å²) < 4.78 is 5.06. The van der Waals surface area contributed by atoms with Crippen molar-refractivity contribution in [1.82, 2.24) is 9.97 Å². The third-order valence-corrected chi connectivity index (χ3v) is 3.29. The number of thioether (sulfide) groups is 1. The van der Waals surface area contributed by atoms with E-state index in [1.807, 2.05) is 23.8 Å². The predicted molar refractivity (Wildman–Crippen MR) is 89.5 cm³/mol. The van der Waals surface area contributed by atoms with Gasteiger partial charge >= 0.3 is 5.97 Å². The molecule has 1 heterocycles. The number of ether oxygens (including phenoxy) is 1. The van der Waals surface area contributed by atoms with E-state index < -0.39 is 0 Å². The van der Waals surface area contributed by atoms with Gasteiger partial charge in [0.25, 0.3) is 0 Å². The molecule has 4 nitrogen and oxygen atoms in total. The summed E-state index contributed by atoms with van der Waals surface area (Å²) in [5.74, 6) is 0.364. The molecule has 116 valence electrons. The SMILES string of the molecule is CCCCc1[nH]c(/C=C/C/C=C\SC)nc1C(=O)OCC. The van der Waals surface area contributed by atoms with Crippen LogP contribution in [0, 0.1) is 0 Å². The summed E-state index contributed by atoms with van der Waals surface area (Å²) in [7, 11) is 0. The fraction of sp³-hybridized carbons (Fsp3) is 0.500. The number of aryl methyl sites for hydroxylation is 1. The van der Waals surface area contributed by atoms with Crippen LogP contribution in [0.1, 0.15) is 55.1 Å². The molecular weight excluding hydrogens is 284 g/mol. The summed E-state index contributed by atoms with van der Waals surface area (Å²) in [6.07, 6.45) is 11.8. The van der Waals surface area contributed by atoms with Crippen LogP contribution in [-0.4, -0.2) is 28.8 Å². The number of H-pyrrole nitrogens is 1. The summed E-state index contributed by atoms with van der Waals surface area (Å²) in [5, 5.41) is 2.04. The molecule has 0 aliphatic carbocycles. The third-order valence-electron chi connectivity index (χ3n) is 2.83. The maximum Gasteiger partial charge on any atom is 0.358 e. The van der Waals surface area contributed by atoms with Crippen LogP contribution in [-0.2, 0) is 11.2 Å². The first-order valence-corrected chi connectivity index (χ1v) is 8.62. The van der Waals surface area contributed by atoms with E-state index in [9.17, 15) is 4.79 Å². The van der Waals surface area contributed by atoms with Crippen molar-refractivity contribution in [3.63, 3.8) is 0 Å². The van der Waals surface area contributed by atoms with Gasteiger partial charge in [0.15, 0.2) is 5.69 Å². The highest BCUT2D eigenvalue weighted by Crippen LogP contribution is 2.13. The Kier molecular flexibility index (Phi) is 8.59. The molecule has 0 saturated heterocycles. The van der Waals surface area contributed by atoms with Crippen LogP contribution in [0.5, 0.6) is 0 Å². The van der Waals surface area contributed by atoms with E-state index in [1.165, 1.54) is 0 Å². The van der Waals surface area contributed by atoms with Crippen LogP contribution >= 0.6 is 11.8 Å². The quantitative estimate of drug-likeness (QED) is 0.694. The second kappa shape index (κ2) is 10.3. The van der Waals surface area contributed by atoms with Crippen LogP contribution in [0.4, 0.5) is 0 Å². The van der Waals surface area contributed by atoms with Gasteiger partial charge in [-0.05, 0) is 43.9 Å². The molecule has 0 aliphatic heterocycles. The lowest BCUT2D eigenvalue weighted by Crippen LogP contribution is -2.08. The van der Waals surface area contributed by atoms with Gasteiger partial charge in [-0.2, -0.15) is 0 Å². The topological polar surface area (TPSA) is 55.0 Å². The first-order chi connectivity index (χ1) is 10.2. The van der Waals surface area contributed by atoms with Crippen molar-refractivity contribution in [1.29, 1.82) is 0 Å². The number of hydrogen-bond acceptors (Lipinski definition) is 4. The van der Waals surface area contributed by atoms with Crippen LogP contribution in [0.3, 0.4) is 0 Å². The minimum Gasteiger partial charge on any atom is -0.461 e. The van der Waals surface area contributed by atoms with Gasteiger partial charge in [-0.1, -0.05) is 25.5 Å². The van der Waals surface area contributed by atoms with E-state index >= 15 is 0 Å². The summed E-state index contributed by atoms with van der Waals surface area (Å²) >= 11 is 1.67. The molecule has 0 radical (unpaired) electrons. The lowest BCUT2D eigenvalue weighted by molar-refractivity contribution is 0.0518. The van der Waals surface area contributed by atoms with Gasteiger partial charge in [0, 0.05) is 5.69 Å². The van der Waals surface area contributed by atoms with Crippen molar-refractivity contribution < 1.29 is 9.53 Å². The predicted octanol–water partition coefficient (Wildman–Crippen LogP) is 4.21. The fourth-order valence-corrected chi connectivity index (χ4v) is 2.12. The highest BCUT2D eigenvalue weighted by atomic mass is 32.2. The zero-order valence-corrected chi connectivity index (χ0v) is 13.8. The second-order valence-electron chi connectivity index (χ2n) is 4.52. The molecule has 0 aromatic carbocycles. The van der Waals surface area contributed by atoms with E-state index in [-0.39, 0.29) is 5.97 Å². The maximum absolute atomic E-state index is 11.9. The monoisotopic (exact) mass is 308 g/mol. The van der Waals surface area contributed by atoms with Gasteiger partial charge in [-0.25, -0.2) is 9.78 Å². The molecule has 0 saturated carbocycles. The Hall–Kier alpha value is -1.49. The largest absolute Gasteiger partial charge is 0.461 e. The van der Waals surface area contributed by atoms with Crippen molar-refractivity contribution in [3.05, 3.63) is 34.8 Å². The van der Waals surface area contributed by atoms with Gasteiger partial charge in [0.1, 0.15) is 5.82 Å². The smallest absolute Gasteiger partial charge is 0.358 e. The first kappa shape index (κ1) is 17.6. The van der Waals surface area contributed by atoms with Crippen LogP contribution < -0.4 is 0 Å². The number of nitrogens with zero attached hydrogens (tertiary/aromatic N) is 1. The highest BCUT2D eigenvalue weighted by molar-refractivity contribution is 8.01. The van der Waals surface area contributed by atoms with Gasteiger partial charge in [-0.3, -0.25) is 0 Å². The second-order valence-corrected chi connectivity index (χ2v) is 5.26. The number of allylic oxidation sites excluding steroid dienone is 2. The normalized spacial score (nSPS) is 11.6. The van der Waals surface area contributed by atoms with Gasteiger partial charge in [-0.15, -0.1) is 11.8 Å². The van der Waals surface area contributed by atoms with E-state index in [2.05, 4.69) is 23.0 Å². The van der Waals surface area contributed by atoms with Crippen molar-refractivity contribution in [2.45, 2.75) is 39.5 Å². The van der Waals surface area contributed by atoms with Crippen molar-refractivity contribution in [3.8, 4) is 0 Å². The van der Waals surface area contributed by atoms with E-state index in [1.54, 1.807) is 18.7 Å². The summed E-state index contributed by atoms with van der Waals surface area (Å²) in [4.78, 5) is 19.5. The van der Waals surface area contributed by atoms with E-state index in [4.69, 9.17) is 4.74 Å². The zero-order valence-electron chi connectivity index (χ0n) is 13.0. The molecule has 5 heteroatoms. The Morgan fingerprint density at radius 1 is 1.38 bits per heavy atom. The van der Waals surface area contributed by atoms with Crippen molar-refractivity contribution in [2.75, 3.05) is 12.9 Å². The molecule has 21 heavy (non-hydrogen) atoms. The number of carbonyl (C=O) groups is 1. The minimum absolute atomic E-state index is 0.346. The third kappa shape index (κ3) is 6.21. The Morgan fingerprint density at radius 2 is 2.19 bits per heavy atom. The van der Waals surface area contributed by atoms with Crippen molar-refractivity contribution >= 4 is 23.8 Å². The Morgan fingerprint density at radius 3 is 2.86 bits per heavy atom. The number of aromatic amines is 1. The first-order valence-electron chi connectivity index (χ1n) is 7.33. The highest BCUT2D eigenvalue weighted by Gasteiger charge is 2.17. The van der Waals surface area contributed by atoms with E-state index in [0.717, 1.165) is 31.4 Å². The number of esters is 1. The molecule has 1 N–H and O–H groups in total. The Labute approximate surface area is 131 Å². The Balaban J connectivity index is 2.81. The minimum atomic E-state index is -0.346. The molecule has 0 atom stereocenters. The molecule has 0 spiro atoms. The lowest BCUT2D eigenvalue weighted by atomic mass is 10.2. The number of hydrogen-bond donors (Lipinski definition) is 1. The number of aromatic nitrogens is 2. The summed E-state index contributed by atoms with van der Waals surface area (Å²) in [6.45, 7) is 4.29. The number of unbranched alkanes of at least 4 members (excludes halogenated alkanes) is 1. The molecule has 0 amide bonds. The molecule has 1 aromatic heterocycles. The zero-order chi connectivity index (χ0) is 15.5. The van der Waals surface area contributed by atoms with Gasteiger partial charge < -0.3 is 9.72 Å². The molecule has 0 aliphatic rings. The average Bonchev–Trinajstić information content (AvgIpc) is 2.88. The van der Waals surface area contributed by atoms with Crippen LogP contribution in [0.25, 0.3) is 6.08 Å². The lowest BCUT2D eigenvalue weighted by Gasteiger charge is -2.01. The summed E-state index contributed by atoms with van der Waals surface area (Å²) in [5.41, 5.74) is 1.29. The number of carbonyl (C=O) groups excluding carboxylic acids is 1. The van der Waals surface area contributed by atoms with E-state index in [0.29, 0.717) is 18.1 Å². The van der Waals surface area contributed by atoms with Crippen LogP contribution in [0.15, 0.2) is 17.6 Å². The molecule has 1 rings (SSSR count). The maximum atomic E-state index is 11.9. The van der Waals surface area contributed by atoms with Gasteiger partial charge in [0.2, 0.25) is 0 Å². The molecular formula is C16H24N2O2S. The van der Waals surface area contributed by atoms with Crippen LogP contribution in [0.2, 0.25) is 0 Å². The molecule has 0 fully saturated rings. The fourth-order valence-electron chi connectivity index (χ4n) is 1.82. The van der Waals surface area contributed by atoms with Crippen molar-refractivity contribution in [2.24, 2.45) is 0 Å². The standard InChI is InChI=1S/C16H24N2O2S/c1-4-6-10-13-15(16(19)20-5-2)18-14(17-13)11-8-7-9-12-21-3/h8-9,11-12H,4-7,10H2,1-3H3,(H,17,18)/b11-8+,12-9-. The molecule has 1 aromatic rings. The number of imidazole rings is 1. The molecule has 0 unspecified atom stereocenters. The Bertz CT molecular complexity index is 492. The van der Waals surface area contributed by atoms with Gasteiger partial charge in [0.05, 0.1) is 6.61 Å². The average molecular weight is 308 g/mol.